The number of hydrogen-bond donors (Lipinski definition) is 2. The van der Waals surface area contributed by atoms with Crippen molar-refractivity contribution in [2.45, 2.75) is 71.1 Å². The molecule has 138 valence electrons. The van der Waals surface area contributed by atoms with E-state index in [1.165, 1.54) is 25.5 Å². The third-order valence-corrected chi connectivity index (χ3v) is 6.08. The van der Waals surface area contributed by atoms with Crippen molar-refractivity contribution in [1.82, 2.24) is 4.57 Å². The first kappa shape index (κ1) is 18.0. The number of rotatable bonds is 8. The van der Waals surface area contributed by atoms with Gasteiger partial charge in [-0.05, 0) is 43.4 Å². The highest BCUT2D eigenvalue weighted by molar-refractivity contribution is 6.02. The lowest BCUT2D eigenvalue weighted by molar-refractivity contribution is 0.0889. The molecule has 2 N–H and O–H groups in total. The molecule has 3 rings (SSSR count). The first-order valence-corrected chi connectivity index (χ1v) is 9.70. The Bertz CT molecular complexity index is 648. The number of carbonyl (C=O) groups excluding carboxylic acids is 2. The Morgan fingerprint density at radius 3 is 2.60 bits per heavy atom. The summed E-state index contributed by atoms with van der Waals surface area (Å²) in [5, 5.41) is 20.4. The van der Waals surface area contributed by atoms with Crippen LogP contribution in [0, 0.1) is 17.8 Å². The molecular formula is C20H29NO4. The second-order valence-corrected chi connectivity index (χ2v) is 7.85. The van der Waals surface area contributed by atoms with E-state index in [4.69, 9.17) is 0 Å². The van der Waals surface area contributed by atoms with Crippen LogP contribution in [0.1, 0.15) is 86.3 Å². The lowest BCUT2D eigenvalue weighted by Crippen LogP contribution is -2.15. The number of hydrogen-bond acceptors (Lipinski definition) is 4. The number of unbranched alkanes of at least 4 members (excludes halogenated alkanes) is 3. The number of nitrogens with zero attached hydrogens (tertiary/aromatic N) is 1. The van der Waals surface area contributed by atoms with Gasteiger partial charge >= 0.3 is 0 Å². The van der Waals surface area contributed by atoms with Crippen LogP contribution in [-0.2, 0) is 0 Å². The quantitative estimate of drug-likeness (QED) is 0.535. The minimum Gasteiger partial charge on any atom is -0.505 e. The summed E-state index contributed by atoms with van der Waals surface area (Å²) in [6, 6.07) is 0. The summed E-state index contributed by atoms with van der Waals surface area (Å²) < 4.78 is 1.04. The van der Waals surface area contributed by atoms with Gasteiger partial charge in [-0.2, -0.15) is 0 Å². The van der Waals surface area contributed by atoms with Crippen molar-refractivity contribution in [3.8, 4) is 11.6 Å². The maximum Gasteiger partial charge on any atom is 0.233 e. The lowest BCUT2D eigenvalue weighted by Gasteiger charge is -2.20. The van der Waals surface area contributed by atoms with E-state index in [9.17, 15) is 19.8 Å². The molecule has 2 fully saturated rings. The van der Waals surface area contributed by atoms with E-state index >= 15 is 0 Å². The Morgan fingerprint density at radius 1 is 1.16 bits per heavy atom. The molecule has 1 heterocycles. The largest absolute Gasteiger partial charge is 0.505 e. The number of fused-ring (bicyclic) bond motifs is 2. The zero-order chi connectivity index (χ0) is 18.0. The summed E-state index contributed by atoms with van der Waals surface area (Å²) in [5.74, 6) is 0.518. The van der Waals surface area contributed by atoms with Crippen LogP contribution in [0.3, 0.4) is 0 Å². The van der Waals surface area contributed by atoms with Crippen LogP contribution in [0.5, 0.6) is 11.6 Å². The smallest absolute Gasteiger partial charge is 0.233 e. The highest BCUT2D eigenvalue weighted by Gasteiger charge is 2.41. The molecule has 0 aliphatic heterocycles. The van der Waals surface area contributed by atoms with Crippen molar-refractivity contribution >= 4 is 11.7 Å². The predicted octanol–water partition coefficient (Wildman–Crippen LogP) is 4.52. The highest BCUT2D eigenvalue weighted by atomic mass is 16.3. The van der Waals surface area contributed by atoms with Crippen LogP contribution >= 0.6 is 0 Å². The molecule has 5 heteroatoms. The zero-order valence-corrected chi connectivity index (χ0v) is 15.0. The highest BCUT2D eigenvalue weighted by Crippen LogP contribution is 2.50. The van der Waals surface area contributed by atoms with Crippen LogP contribution in [0.15, 0.2) is 6.20 Å². The van der Waals surface area contributed by atoms with Crippen molar-refractivity contribution in [1.29, 1.82) is 0 Å². The number of Topliss-reactive ketones (excluding diaryl/α,β-unsaturated/α-hetero) is 1. The molecule has 25 heavy (non-hydrogen) atoms. The molecule has 1 aromatic rings. The summed E-state index contributed by atoms with van der Waals surface area (Å²) in [7, 11) is 0. The van der Waals surface area contributed by atoms with Gasteiger partial charge in [0.05, 0.1) is 6.20 Å². The maximum atomic E-state index is 12.6. The van der Waals surface area contributed by atoms with Crippen LogP contribution in [0.4, 0.5) is 0 Å². The first-order chi connectivity index (χ1) is 12.0. The molecular weight excluding hydrogens is 318 g/mol. The Labute approximate surface area is 149 Å². The van der Waals surface area contributed by atoms with E-state index in [1.54, 1.807) is 0 Å². The van der Waals surface area contributed by atoms with E-state index in [0.717, 1.165) is 42.6 Å². The predicted molar refractivity (Wildman–Crippen MR) is 95.0 cm³/mol. The first-order valence-electron chi connectivity index (χ1n) is 9.70. The Hall–Kier alpha value is -1.78. The topological polar surface area (TPSA) is 79.5 Å². The minimum atomic E-state index is -0.397. The molecule has 1 aromatic heterocycles. The van der Waals surface area contributed by atoms with Gasteiger partial charge in [0.1, 0.15) is 11.3 Å². The van der Waals surface area contributed by atoms with Gasteiger partial charge in [0.2, 0.25) is 11.8 Å². The second-order valence-electron chi connectivity index (χ2n) is 7.85. The van der Waals surface area contributed by atoms with Crippen molar-refractivity contribution in [2.24, 2.45) is 17.8 Å². The van der Waals surface area contributed by atoms with E-state index < -0.39 is 5.88 Å². The van der Waals surface area contributed by atoms with Crippen LogP contribution in [-0.4, -0.2) is 26.5 Å². The molecule has 0 radical (unpaired) electrons. The molecule has 2 aliphatic carbocycles. The summed E-state index contributed by atoms with van der Waals surface area (Å²) in [6.45, 7) is 2.10. The monoisotopic (exact) mass is 347 g/mol. The Balaban J connectivity index is 1.64. The SMILES string of the molecule is CCCCCCC(=O)n1cc(O)c(C(=O)CC2CC3CCC2C3)c1O. The maximum absolute atomic E-state index is 12.6. The molecule has 5 nitrogen and oxygen atoms in total. The Morgan fingerprint density at radius 2 is 1.96 bits per heavy atom. The van der Waals surface area contributed by atoms with Crippen LogP contribution < -0.4 is 0 Å². The van der Waals surface area contributed by atoms with Crippen molar-refractivity contribution in [3.63, 3.8) is 0 Å². The number of aromatic nitrogens is 1. The van der Waals surface area contributed by atoms with E-state index in [2.05, 4.69) is 6.92 Å². The van der Waals surface area contributed by atoms with Gasteiger partial charge in [0, 0.05) is 12.8 Å². The van der Waals surface area contributed by atoms with E-state index in [-0.39, 0.29) is 23.0 Å². The van der Waals surface area contributed by atoms with Gasteiger partial charge in [0.25, 0.3) is 0 Å². The minimum absolute atomic E-state index is 0.0790. The molecule has 2 bridgehead atoms. The molecule has 3 atom stereocenters. The molecule has 2 saturated carbocycles. The third kappa shape index (κ3) is 3.75. The summed E-state index contributed by atoms with van der Waals surface area (Å²) in [4.78, 5) is 24.9. The van der Waals surface area contributed by atoms with Gasteiger partial charge < -0.3 is 10.2 Å². The summed E-state index contributed by atoms with van der Waals surface area (Å²) in [5.41, 5.74) is -0.0790. The van der Waals surface area contributed by atoms with Gasteiger partial charge in [-0.15, -0.1) is 0 Å². The fraction of sp³-hybridized carbons (Fsp3) is 0.700. The van der Waals surface area contributed by atoms with Crippen LogP contribution in [0.25, 0.3) is 0 Å². The second kappa shape index (κ2) is 7.63. The number of carbonyl (C=O) groups is 2. The van der Waals surface area contributed by atoms with Crippen LogP contribution in [0.2, 0.25) is 0 Å². The van der Waals surface area contributed by atoms with Gasteiger partial charge in [-0.3, -0.25) is 14.2 Å². The van der Waals surface area contributed by atoms with E-state index in [0.29, 0.717) is 24.7 Å². The Kier molecular flexibility index (Phi) is 5.50. The van der Waals surface area contributed by atoms with E-state index in [1.807, 2.05) is 0 Å². The number of ketones is 1. The lowest BCUT2D eigenvalue weighted by atomic mass is 9.84. The summed E-state index contributed by atoms with van der Waals surface area (Å²) >= 11 is 0. The van der Waals surface area contributed by atoms with Gasteiger partial charge in [-0.25, -0.2) is 0 Å². The molecule has 3 unspecified atom stereocenters. The average molecular weight is 347 g/mol. The average Bonchev–Trinajstić information content (AvgIpc) is 3.26. The standard InChI is InChI=1S/C20H29NO4/c1-2-3-4-5-6-18(24)21-12-17(23)19(20(21)25)16(22)11-15-10-13-7-8-14(15)9-13/h12-15,23,25H,2-11H2,1H3. The summed E-state index contributed by atoms with van der Waals surface area (Å²) in [6.07, 6.45) is 10.5. The normalized spacial score (nSPS) is 24.8. The molecule has 0 amide bonds. The zero-order valence-electron chi connectivity index (χ0n) is 15.0. The molecule has 0 saturated heterocycles. The fourth-order valence-corrected chi connectivity index (χ4v) is 4.73. The third-order valence-electron chi connectivity index (χ3n) is 6.08. The van der Waals surface area contributed by atoms with Gasteiger partial charge in [0.15, 0.2) is 5.78 Å². The molecule has 0 aromatic carbocycles. The number of aromatic hydroxyl groups is 2. The van der Waals surface area contributed by atoms with Gasteiger partial charge in [-0.1, -0.05) is 32.6 Å². The van der Waals surface area contributed by atoms with Crippen molar-refractivity contribution < 1.29 is 19.8 Å². The fourth-order valence-electron chi connectivity index (χ4n) is 4.73. The van der Waals surface area contributed by atoms with Crippen molar-refractivity contribution in [2.75, 3.05) is 0 Å². The van der Waals surface area contributed by atoms with Crippen molar-refractivity contribution in [3.05, 3.63) is 11.8 Å². The molecule has 2 aliphatic rings. The molecule has 0 spiro atoms.